The van der Waals surface area contributed by atoms with Crippen LogP contribution in [0.3, 0.4) is 0 Å². The first-order valence-corrected chi connectivity index (χ1v) is 11.0. The summed E-state index contributed by atoms with van der Waals surface area (Å²) >= 11 is 1.24. The number of carbonyl (C=O) groups is 1. The van der Waals surface area contributed by atoms with Crippen LogP contribution in [-0.4, -0.2) is 40.1 Å². The van der Waals surface area contributed by atoms with E-state index >= 15 is 0 Å². The maximum absolute atomic E-state index is 13.8. The smallest absolute Gasteiger partial charge is 0.368 e. The second-order valence-corrected chi connectivity index (χ2v) is 8.53. The average Bonchev–Trinajstić information content (AvgIpc) is 3.53. The summed E-state index contributed by atoms with van der Waals surface area (Å²) in [4.78, 5) is 25.7. The number of fused-ring (bicyclic) bond motifs is 1. The van der Waals surface area contributed by atoms with E-state index in [-0.39, 0.29) is 29.0 Å². The van der Waals surface area contributed by atoms with Crippen molar-refractivity contribution in [1.29, 1.82) is 0 Å². The normalized spacial score (nSPS) is 16.5. The molecule has 0 saturated carbocycles. The van der Waals surface area contributed by atoms with Gasteiger partial charge >= 0.3 is 6.18 Å². The van der Waals surface area contributed by atoms with Crippen molar-refractivity contribution in [2.75, 3.05) is 23.3 Å². The summed E-state index contributed by atoms with van der Waals surface area (Å²) in [6, 6.07) is 8.50. The Morgan fingerprint density at radius 3 is 2.79 bits per heavy atom. The number of carbonyl (C=O) groups excluding carboxylic acids is 1. The lowest BCUT2D eigenvalue weighted by Crippen LogP contribution is -2.20. The fourth-order valence-electron chi connectivity index (χ4n) is 3.92. The molecule has 0 aliphatic carbocycles. The molecule has 11 heteroatoms. The van der Waals surface area contributed by atoms with Crippen molar-refractivity contribution in [2.24, 2.45) is 0 Å². The van der Waals surface area contributed by atoms with E-state index in [2.05, 4.69) is 20.3 Å². The van der Waals surface area contributed by atoms with Crippen molar-refractivity contribution in [3.8, 4) is 11.4 Å². The van der Waals surface area contributed by atoms with Crippen LogP contribution in [0.4, 0.5) is 28.4 Å². The van der Waals surface area contributed by atoms with Crippen LogP contribution in [-0.2, 0) is 6.18 Å². The minimum atomic E-state index is -4.62. The summed E-state index contributed by atoms with van der Waals surface area (Å²) < 4.78 is 55.0. The number of thiazole rings is 1. The quantitative estimate of drug-likeness (QED) is 0.382. The highest BCUT2D eigenvalue weighted by atomic mass is 32.1. The van der Waals surface area contributed by atoms with Crippen LogP contribution in [0.5, 0.6) is 0 Å². The maximum atomic E-state index is 13.8. The molecule has 2 N–H and O–H groups in total. The molecule has 1 amide bonds. The van der Waals surface area contributed by atoms with Crippen molar-refractivity contribution in [3.63, 3.8) is 0 Å². The lowest BCUT2D eigenvalue weighted by atomic mass is 10.0. The molecule has 3 heterocycles. The van der Waals surface area contributed by atoms with Crippen molar-refractivity contribution in [1.82, 2.24) is 15.0 Å². The molecule has 0 spiro atoms. The molecule has 2 aromatic heterocycles. The molecule has 6 nitrogen and oxygen atoms in total. The van der Waals surface area contributed by atoms with Gasteiger partial charge in [0.15, 0.2) is 5.13 Å². The van der Waals surface area contributed by atoms with Gasteiger partial charge in [-0.3, -0.25) is 10.1 Å². The average molecular weight is 475 g/mol. The van der Waals surface area contributed by atoms with Gasteiger partial charge in [-0.25, -0.2) is 14.4 Å². The summed E-state index contributed by atoms with van der Waals surface area (Å²) in [5.74, 6) is -0.492. The van der Waals surface area contributed by atoms with E-state index in [1.807, 2.05) is 0 Å². The number of para-hydroxylation sites is 1. The Hall–Kier alpha value is -3.47. The zero-order chi connectivity index (χ0) is 23.2. The zero-order valence-electron chi connectivity index (χ0n) is 17.0. The van der Waals surface area contributed by atoms with Gasteiger partial charge < -0.3 is 9.88 Å². The van der Waals surface area contributed by atoms with E-state index in [1.165, 1.54) is 23.5 Å². The Labute approximate surface area is 189 Å². The van der Waals surface area contributed by atoms with Crippen molar-refractivity contribution >= 4 is 39.1 Å². The fourth-order valence-corrected chi connectivity index (χ4v) is 4.44. The number of nitrogens with one attached hydrogen (secondary N) is 2. The highest BCUT2D eigenvalue weighted by Gasteiger charge is 2.35. The molecule has 4 aromatic rings. The SMILES string of the molecule is O=C(Nc1nccs1)c1cccc2[nH]c(-c3cc(N4CCC(F)C4)ccc3C(F)(F)F)nc12. The number of aromatic amines is 1. The largest absolute Gasteiger partial charge is 0.417 e. The van der Waals surface area contributed by atoms with Crippen LogP contribution in [0.15, 0.2) is 48.0 Å². The van der Waals surface area contributed by atoms with E-state index in [4.69, 9.17) is 0 Å². The van der Waals surface area contributed by atoms with Crippen LogP contribution in [0.2, 0.25) is 0 Å². The van der Waals surface area contributed by atoms with Crippen LogP contribution in [0.1, 0.15) is 22.3 Å². The second kappa shape index (κ2) is 8.14. The molecule has 0 bridgehead atoms. The highest BCUT2D eigenvalue weighted by molar-refractivity contribution is 7.13. The number of benzene rings is 2. The van der Waals surface area contributed by atoms with Crippen molar-refractivity contribution < 1.29 is 22.4 Å². The number of alkyl halides is 4. The molecule has 2 aromatic carbocycles. The summed E-state index contributed by atoms with van der Waals surface area (Å²) in [5, 5.41) is 4.77. The number of hydrogen-bond donors (Lipinski definition) is 2. The first kappa shape index (κ1) is 21.4. The highest BCUT2D eigenvalue weighted by Crippen LogP contribution is 2.39. The summed E-state index contributed by atoms with van der Waals surface area (Å²) in [6.07, 6.45) is -3.75. The molecule has 1 aliphatic rings. The van der Waals surface area contributed by atoms with E-state index < -0.39 is 23.8 Å². The molecule has 0 radical (unpaired) electrons. The Morgan fingerprint density at radius 1 is 1.24 bits per heavy atom. The predicted molar refractivity (Wildman–Crippen MR) is 118 cm³/mol. The third kappa shape index (κ3) is 4.15. The van der Waals surface area contributed by atoms with Crippen molar-refractivity contribution in [2.45, 2.75) is 18.8 Å². The molecule has 5 rings (SSSR count). The number of halogens is 4. The maximum Gasteiger partial charge on any atom is 0.417 e. The monoisotopic (exact) mass is 475 g/mol. The standard InChI is InChI=1S/C22H17F4N5OS/c23-12-6-8-31(11-12)13-4-5-16(22(24,25)26)15(10-13)19-28-17-3-1-2-14(18(17)29-19)20(32)30-21-27-7-9-33-21/h1-5,7,9-10,12H,6,8,11H2,(H,28,29)(H,27,30,32). The molecule has 170 valence electrons. The van der Waals surface area contributed by atoms with E-state index in [0.29, 0.717) is 29.3 Å². The van der Waals surface area contributed by atoms with Gasteiger partial charge in [0.05, 0.1) is 16.6 Å². The van der Waals surface area contributed by atoms with Crippen LogP contribution in [0.25, 0.3) is 22.4 Å². The fraction of sp³-hybridized carbons (Fsp3) is 0.227. The van der Waals surface area contributed by atoms with Gasteiger partial charge in [-0.1, -0.05) is 6.07 Å². The Bertz CT molecular complexity index is 1320. The number of H-pyrrole nitrogens is 1. The number of aromatic nitrogens is 3. The number of amides is 1. The zero-order valence-corrected chi connectivity index (χ0v) is 17.8. The van der Waals surface area contributed by atoms with Gasteiger partial charge in [0, 0.05) is 35.9 Å². The number of rotatable bonds is 4. The number of imidazole rings is 1. The molecule has 1 aliphatic heterocycles. The van der Waals surface area contributed by atoms with Gasteiger partial charge in [-0.2, -0.15) is 13.2 Å². The van der Waals surface area contributed by atoms with Gasteiger partial charge in [0.2, 0.25) is 0 Å². The van der Waals surface area contributed by atoms with E-state index in [9.17, 15) is 22.4 Å². The Balaban J connectivity index is 1.59. The Morgan fingerprint density at radius 2 is 2.09 bits per heavy atom. The Kier molecular flexibility index (Phi) is 5.28. The predicted octanol–water partition coefficient (Wildman–Crippen LogP) is 5.51. The van der Waals surface area contributed by atoms with Gasteiger partial charge in [0.1, 0.15) is 17.5 Å². The van der Waals surface area contributed by atoms with Gasteiger partial charge in [-0.05, 0) is 36.8 Å². The van der Waals surface area contributed by atoms with Crippen LogP contribution < -0.4 is 10.2 Å². The lowest BCUT2D eigenvalue weighted by molar-refractivity contribution is -0.137. The molecular weight excluding hydrogens is 458 g/mol. The first-order chi connectivity index (χ1) is 15.8. The van der Waals surface area contributed by atoms with Crippen LogP contribution >= 0.6 is 11.3 Å². The third-order valence-corrected chi connectivity index (χ3v) is 6.16. The van der Waals surface area contributed by atoms with E-state index in [1.54, 1.807) is 34.7 Å². The number of nitrogens with zero attached hydrogens (tertiary/aromatic N) is 3. The van der Waals surface area contributed by atoms with E-state index in [0.717, 1.165) is 6.07 Å². The third-order valence-electron chi connectivity index (χ3n) is 5.47. The molecule has 1 unspecified atom stereocenters. The second-order valence-electron chi connectivity index (χ2n) is 7.64. The molecule has 33 heavy (non-hydrogen) atoms. The lowest BCUT2D eigenvalue weighted by Gasteiger charge is -2.20. The molecule has 1 fully saturated rings. The topological polar surface area (TPSA) is 73.9 Å². The number of anilines is 2. The van der Waals surface area contributed by atoms with Crippen LogP contribution in [0, 0.1) is 0 Å². The van der Waals surface area contributed by atoms with Gasteiger partial charge in [-0.15, -0.1) is 11.3 Å². The summed E-state index contributed by atoms with van der Waals surface area (Å²) in [6.45, 7) is 0.555. The summed E-state index contributed by atoms with van der Waals surface area (Å²) in [5.41, 5.74) is 0.320. The molecule has 1 saturated heterocycles. The molecule has 1 atom stereocenters. The number of hydrogen-bond acceptors (Lipinski definition) is 5. The minimum Gasteiger partial charge on any atom is -0.368 e. The first-order valence-electron chi connectivity index (χ1n) is 10.1. The molecular formula is C22H17F4N5OS. The minimum absolute atomic E-state index is 0.0235. The van der Waals surface area contributed by atoms with Crippen molar-refractivity contribution in [3.05, 3.63) is 59.1 Å². The summed E-state index contributed by atoms with van der Waals surface area (Å²) in [7, 11) is 0. The van der Waals surface area contributed by atoms with Gasteiger partial charge in [0.25, 0.3) is 5.91 Å².